The van der Waals surface area contributed by atoms with E-state index in [1.807, 2.05) is 30.3 Å². The van der Waals surface area contributed by atoms with Crippen LogP contribution in [0.1, 0.15) is 55.8 Å². The van der Waals surface area contributed by atoms with Crippen molar-refractivity contribution >= 4 is 28.5 Å². The van der Waals surface area contributed by atoms with Crippen molar-refractivity contribution in [1.82, 2.24) is 15.3 Å². The predicted octanol–water partition coefficient (Wildman–Crippen LogP) is 3.09. The van der Waals surface area contributed by atoms with Crippen molar-refractivity contribution in [1.29, 1.82) is 0 Å². The molecule has 0 radical (unpaired) electrons. The Bertz CT molecular complexity index is 879. The van der Waals surface area contributed by atoms with Gasteiger partial charge >= 0.3 is 0 Å². The van der Waals surface area contributed by atoms with Crippen molar-refractivity contribution in [2.24, 2.45) is 5.73 Å². The Morgan fingerprint density at radius 2 is 1.61 bits per heavy atom. The van der Waals surface area contributed by atoms with E-state index in [0.717, 1.165) is 35.0 Å². The number of hydrogen-bond donors (Lipinski definition) is 2. The third-order valence-corrected chi connectivity index (χ3v) is 5.28. The molecule has 168 valence electrons. The zero-order valence-corrected chi connectivity index (χ0v) is 18.6. The summed E-state index contributed by atoms with van der Waals surface area (Å²) in [5.41, 5.74) is 6.00. The van der Waals surface area contributed by atoms with Gasteiger partial charge in [0.1, 0.15) is 6.54 Å². The van der Waals surface area contributed by atoms with E-state index in [1.165, 1.54) is 31.3 Å². The first kappa shape index (κ1) is 24.3. The molecular formula is C24H34N4O3. The Kier molecular flexibility index (Phi) is 9.97. The van der Waals surface area contributed by atoms with Crippen LogP contribution in [0.3, 0.4) is 0 Å². The molecule has 7 heteroatoms. The largest absolute Gasteiger partial charge is 0.354 e. The fourth-order valence-corrected chi connectivity index (χ4v) is 3.49. The number of carbonyl (C=O) groups excluding carboxylic acids is 3. The van der Waals surface area contributed by atoms with E-state index in [-0.39, 0.29) is 24.9 Å². The van der Waals surface area contributed by atoms with Crippen LogP contribution in [0.5, 0.6) is 0 Å². The number of nitrogens with one attached hydrogen (secondary N) is 1. The number of amides is 3. The van der Waals surface area contributed by atoms with Crippen molar-refractivity contribution in [3.63, 3.8) is 0 Å². The number of nitrogens with two attached hydrogens (primary N) is 1. The average molecular weight is 427 g/mol. The van der Waals surface area contributed by atoms with E-state index in [1.54, 1.807) is 12.1 Å². The van der Waals surface area contributed by atoms with Crippen LogP contribution in [0.2, 0.25) is 0 Å². The number of carbonyl (C=O) groups is 3. The highest BCUT2D eigenvalue weighted by Gasteiger charge is 2.26. The molecule has 0 heterocycles. The van der Waals surface area contributed by atoms with Gasteiger partial charge in [-0.2, -0.15) is 0 Å². The van der Waals surface area contributed by atoms with Crippen LogP contribution in [0.15, 0.2) is 42.5 Å². The minimum Gasteiger partial charge on any atom is -0.354 e. The Balaban J connectivity index is 2.00. The van der Waals surface area contributed by atoms with Crippen LogP contribution in [0.4, 0.5) is 0 Å². The second-order valence-corrected chi connectivity index (χ2v) is 7.63. The molecule has 0 saturated heterocycles. The van der Waals surface area contributed by atoms with E-state index in [9.17, 15) is 14.4 Å². The molecular weight excluding hydrogens is 392 g/mol. The number of benzene rings is 2. The van der Waals surface area contributed by atoms with Crippen molar-refractivity contribution in [2.75, 3.05) is 26.7 Å². The highest BCUT2D eigenvalue weighted by Crippen LogP contribution is 2.20. The van der Waals surface area contributed by atoms with Gasteiger partial charge in [-0.1, -0.05) is 75.4 Å². The fraction of sp³-hybridized carbons (Fsp3) is 0.458. The van der Waals surface area contributed by atoms with Crippen molar-refractivity contribution < 1.29 is 14.4 Å². The van der Waals surface area contributed by atoms with E-state index >= 15 is 0 Å². The molecule has 0 aromatic heterocycles. The van der Waals surface area contributed by atoms with Gasteiger partial charge in [-0.3, -0.25) is 14.4 Å². The van der Waals surface area contributed by atoms with Gasteiger partial charge in [0.2, 0.25) is 5.91 Å². The van der Waals surface area contributed by atoms with Crippen LogP contribution < -0.4 is 11.1 Å². The lowest BCUT2D eigenvalue weighted by molar-refractivity contribution is -0.146. The summed E-state index contributed by atoms with van der Waals surface area (Å²) in [4.78, 5) is 37.9. The Morgan fingerprint density at radius 3 is 2.35 bits per heavy atom. The summed E-state index contributed by atoms with van der Waals surface area (Å²) in [6.07, 6.45) is 6.76. The van der Waals surface area contributed by atoms with Gasteiger partial charge < -0.3 is 11.1 Å². The molecule has 3 N–H and O–H groups in total. The minimum atomic E-state index is -0.495. The molecule has 0 fully saturated rings. The Labute approximate surface area is 184 Å². The van der Waals surface area contributed by atoms with Gasteiger partial charge in [-0.15, -0.1) is 0 Å². The summed E-state index contributed by atoms with van der Waals surface area (Å²) in [5, 5.41) is 6.84. The molecule has 0 bridgehead atoms. The van der Waals surface area contributed by atoms with Gasteiger partial charge in [0, 0.05) is 19.2 Å². The maximum atomic E-state index is 13.1. The average Bonchev–Trinajstić information content (AvgIpc) is 2.80. The van der Waals surface area contributed by atoms with Crippen molar-refractivity contribution in [3.05, 3.63) is 48.0 Å². The second kappa shape index (κ2) is 12.7. The summed E-state index contributed by atoms with van der Waals surface area (Å²) in [5.74, 6) is -1.18. The summed E-state index contributed by atoms with van der Waals surface area (Å²) in [7, 11) is 1.48. The molecule has 2 aromatic rings. The van der Waals surface area contributed by atoms with E-state index < -0.39 is 5.91 Å². The number of hydrazine groups is 1. The van der Waals surface area contributed by atoms with Crippen LogP contribution in [-0.2, 0) is 9.59 Å². The quantitative estimate of drug-likeness (QED) is 0.426. The maximum absolute atomic E-state index is 13.1. The summed E-state index contributed by atoms with van der Waals surface area (Å²) in [6, 6.07) is 13.0. The standard InChI is InChI=1S/C24H34N4O3/c1-3-4-5-6-7-10-16-26-22(29)18-28(23(30)17-25)27(2)24(31)21-15-11-13-19-12-8-9-14-20(19)21/h8-9,11-15H,3-7,10,16-18,25H2,1-2H3,(H,26,29). The molecule has 2 aromatic carbocycles. The molecule has 0 aliphatic rings. The van der Waals surface area contributed by atoms with Crippen LogP contribution in [-0.4, -0.2) is 54.4 Å². The third-order valence-electron chi connectivity index (χ3n) is 5.28. The normalized spacial score (nSPS) is 10.7. The fourth-order valence-electron chi connectivity index (χ4n) is 3.49. The van der Waals surface area contributed by atoms with E-state index in [4.69, 9.17) is 5.73 Å². The highest BCUT2D eigenvalue weighted by atomic mass is 16.2. The van der Waals surface area contributed by atoms with Crippen LogP contribution >= 0.6 is 0 Å². The molecule has 7 nitrogen and oxygen atoms in total. The Hall–Kier alpha value is -2.93. The number of unbranched alkanes of at least 4 members (excludes halogenated alkanes) is 5. The third kappa shape index (κ3) is 7.07. The molecule has 0 aliphatic heterocycles. The lowest BCUT2D eigenvalue weighted by Crippen LogP contribution is -2.53. The highest BCUT2D eigenvalue weighted by molar-refractivity contribution is 6.07. The van der Waals surface area contributed by atoms with Gasteiger partial charge in [-0.25, -0.2) is 10.0 Å². The number of hydrogen-bond acceptors (Lipinski definition) is 4. The summed E-state index contributed by atoms with van der Waals surface area (Å²) >= 11 is 0. The molecule has 0 aliphatic carbocycles. The predicted molar refractivity (Wildman–Crippen MR) is 123 cm³/mol. The van der Waals surface area contributed by atoms with Gasteiger partial charge in [0.15, 0.2) is 0 Å². The molecule has 0 atom stereocenters. The molecule has 0 saturated carbocycles. The van der Waals surface area contributed by atoms with E-state index in [2.05, 4.69) is 12.2 Å². The van der Waals surface area contributed by atoms with Crippen molar-refractivity contribution in [3.8, 4) is 0 Å². The molecule has 3 amide bonds. The number of rotatable bonds is 11. The number of nitrogens with zero attached hydrogens (tertiary/aromatic N) is 2. The lowest BCUT2D eigenvalue weighted by Gasteiger charge is -2.31. The first-order valence-electron chi connectivity index (χ1n) is 11.0. The summed E-state index contributed by atoms with van der Waals surface area (Å²) < 4.78 is 0. The molecule has 2 rings (SSSR count). The van der Waals surface area contributed by atoms with Gasteiger partial charge in [0.05, 0.1) is 6.54 Å². The smallest absolute Gasteiger partial charge is 0.272 e. The first-order valence-corrected chi connectivity index (χ1v) is 11.0. The minimum absolute atomic E-state index is 0.251. The summed E-state index contributed by atoms with van der Waals surface area (Å²) in [6.45, 7) is 2.18. The second-order valence-electron chi connectivity index (χ2n) is 7.63. The molecule has 0 unspecified atom stereocenters. The topological polar surface area (TPSA) is 95.7 Å². The Morgan fingerprint density at radius 1 is 0.935 bits per heavy atom. The van der Waals surface area contributed by atoms with Crippen LogP contribution in [0.25, 0.3) is 10.8 Å². The monoisotopic (exact) mass is 426 g/mol. The molecule has 0 spiro atoms. The lowest BCUT2D eigenvalue weighted by atomic mass is 10.0. The maximum Gasteiger partial charge on any atom is 0.272 e. The van der Waals surface area contributed by atoms with Gasteiger partial charge in [0.25, 0.3) is 11.8 Å². The van der Waals surface area contributed by atoms with Crippen LogP contribution in [0, 0.1) is 0 Å². The zero-order chi connectivity index (χ0) is 22.6. The van der Waals surface area contributed by atoms with E-state index in [0.29, 0.717) is 12.1 Å². The SMILES string of the molecule is CCCCCCCCNC(=O)CN(C(=O)CN)N(C)C(=O)c1cccc2ccccc12. The van der Waals surface area contributed by atoms with Gasteiger partial charge in [-0.05, 0) is 23.3 Å². The van der Waals surface area contributed by atoms with Crippen molar-refractivity contribution in [2.45, 2.75) is 45.4 Å². The molecule has 31 heavy (non-hydrogen) atoms. The first-order chi connectivity index (χ1) is 15.0. The zero-order valence-electron chi connectivity index (χ0n) is 18.6. The number of fused-ring (bicyclic) bond motifs is 1.